The van der Waals surface area contributed by atoms with E-state index in [0.29, 0.717) is 16.5 Å². The van der Waals surface area contributed by atoms with Crippen molar-refractivity contribution in [1.82, 2.24) is 9.36 Å². The third-order valence-electron chi connectivity index (χ3n) is 3.73. The van der Waals surface area contributed by atoms with E-state index in [0.717, 1.165) is 33.5 Å². The Bertz CT molecular complexity index is 1110. The number of rotatable bonds is 4. The van der Waals surface area contributed by atoms with E-state index in [1.807, 2.05) is 24.3 Å². The van der Waals surface area contributed by atoms with Crippen molar-refractivity contribution >= 4 is 50.3 Å². The lowest BCUT2D eigenvalue weighted by Crippen LogP contribution is -2.11. The molecule has 0 saturated heterocycles. The summed E-state index contributed by atoms with van der Waals surface area (Å²) >= 11 is 1.06. The van der Waals surface area contributed by atoms with E-state index >= 15 is 0 Å². The monoisotopic (exact) mass is 351 g/mol. The Morgan fingerprint density at radius 3 is 2.76 bits per heavy atom. The normalized spacial score (nSPS) is 11.1. The molecule has 0 atom stereocenters. The number of furan rings is 1. The van der Waals surface area contributed by atoms with Crippen LogP contribution in [0.1, 0.15) is 23.1 Å². The zero-order valence-electron chi connectivity index (χ0n) is 13.3. The third kappa shape index (κ3) is 3.01. The first-order valence-electron chi connectivity index (χ1n) is 7.65. The lowest BCUT2D eigenvalue weighted by Gasteiger charge is -2.01. The van der Waals surface area contributed by atoms with Crippen molar-refractivity contribution in [2.24, 2.45) is 0 Å². The van der Waals surface area contributed by atoms with Crippen LogP contribution in [0.4, 0.5) is 5.13 Å². The van der Waals surface area contributed by atoms with Gasteiger partial charge in [0.05, 0.1) is 6.42 Å². The van der Waals surface area contributed by atoms with Crippen LogP contribution in [0.5, 0.6) is 0 Å². The molecule has 0 fully saturated rings. The highest BCUT2D eigenvalue weighted by Gasteiger charge is 2.14. The predicted molar refractivity (Wildman–Crippen MR) is 96.0 cm³/mol. The van der Waals surface area contributed by atoms with Crippen LogP contribution in [0.25, 0.3) is 21.9 Å². The summed E-state index contributed by atoms with van der Waals surface area (Å²) in [6.45, 7) is 1.48. The molecule has 2 aromatic carbocycles. The number of para-hydroxylation sites is 1. The van der Waals surface area contributed by atoms with E-state index < -0.39 is 0 Å². The Morgan fingerprint density at radius 1 is 1.12 bits per heavy atom. The van der Waals surface area contributed by atoms with Crippen molar-refractivity contribution in [2.45, 2.75) is 13.3 Å². The second-order valence-corrected chi connectivity index (χ2v) is 6.41. The van der Waals surface area contributed by atoms with Crippen LogP contribution in [-0.4, -0.2) is 21.0 Å². The number of carbonyl (C=O) groups excluding carboxylic acids is 2. The standard InChI is InChI=1S/C18H13N3O3S/c1-10(22)8-16-19-18(25-21-16)20-17(23)11-6-7-15-13(9-11)12-4-2-3-5-14(12)24-15/h2-7,9H,8H2,1H3,(H,19,20,21,23). The molecule has 2 aromatic heterocycles. The second kappa shape index (κ2) is 6.10. The van der Waals surface area contributed by atoms with E-state index in [4.69, 9.17) is 4.42 Å². The molecule has 1 amide bonds. The minimum Gasteiger partial charge on any atom is -0.456 e. The van der Waals surface area contributed by atoms with Gasteiger partial charge in [0, 0.05) is 27.9 Å². The van der Waals surface area contributed by atoms with Gasteiger partial charge in [0.25, 0.3) is 5.91 Å². The summed E-state index contributed by atoms with van der Waals surface area (Å²) in [4.78, 5) is 27.7. The molecule has 0 aliphatic rings. The molecule has 2 heterocycles. The molecule has 6 nitrogen and oxygen atoms in total. The number of Topliss-reactive ketones (excluding diaryl/α,β-unsaturated/α-hetero) is 1. The lowest BCUT2D eigenvalue weighted by molar-refractivity contribution is -0.116. The van der Waals surface area contributed by atoms with Gasteiger partial charge in [-0.05, 0) is 31.2 Å². The topological polar surface area (TPSA) is 85.1 Å². The maximum atomic E-state index is 12.5. The summed E-state index contributed by atoms with van der Waals surface area (Å²) < 4.78 is 9.83. The molecule has 4 rings (SSSR count). The van der Waals surface area contributed by atoms with Crippen LogP contribution in [0.2, 0.25) is 0 Å². The van der Waals surface area contributed by atoms with E-state index in [-0.39, 0.29) is 18.1 Å². The van der Waals surface area contributed by atoms with Crippen molar-refractivity contribution in [2.75, 3.05) is 5.32 Å². The summed E-state index contributed by atoms with van der Waals surface area (Å²) in [5, 5.41) is 4.95. The molecular formula is C18H13N3O3S. The minimum atomic E-state index is -0.280. The molecule has 1 N–H and O–H groups in total. The van der Waals surface area contributed by atoms with E-state index in [1.165, 1.54) is 6.92 Å². The highest BCUT2D eigenvalue weighted by atomic mass is 32.1. The highest BCUT2D eigenvalue weighted by Crippen LogP contribution is 2.29. The summed E-state index contributed by atoms with van der Waals surface area (Å²) in [5.74, 6) is 0.120. The number of amides is 1. The molecular weight excluding hydrogens is 338 g/mol. The van der Waals surface area contributed by atoms with Crippen molar-refractivity contribution in [3.8, 4) is 0 Å². The fourth-order valence-corrected chi connectivity index (χ4v) is 3.22. The van der Waals surface area contributed by atoms with E-state index in [9.17, 15) is 9.59 Å². The summed E-state index contributed by atoms with van der Waals surface area (Å²) in [7, 11) is 0. The van der Waals surface area contributed by atoms with Gasteiger partial charge in [-0.15, -0.1) is 0 Å². The highest BCUT2D eigenvalue weighted by molar-refractivity contribution is 7.09. The van der Waals surface area contributed by atoms with Gasteiger partial charge in [-0.25, -0.2) is 4.98 Å². The number of hydrogen-bond donors (Lipinski definition) is 1. The molecule has 0 bridgehead atoms. The molecule has 0 unspecified atom stereocenters. The number of aromatic nitrogens is 2. The summed E-state index contributed by atoms with van der Waals surface area (Å²) in [6, 6.07) is 13.0. The first-order chi connectivity index (χ1) is 12.1. The van der Waals surface area contributed by atoms with Crippen LogP contribution in [0, 0.1) is 0 Å². The molecule has 0 aliphatic carbocycles. The molecule has 0 aliphatic heterocycles. The van der Waals surface area contributed by atoms with Crippen molar-refractivity contribution < 1.29 is 14.0 Å². The van der Waals surface area contributed by atoms with Gasteiger partial charge in [0.2, 0.25) is 5.13 Å². The number of nitrogens with zero attached hydrogens (tertiary/aromatic N) is 2. The van der Waals surface area contributed by atoms with E-state index in [2.05, 4.69) is 14.7 Å². The first kappa shape index (κ1) is 15.5. The zero-order chi connectivity index (χ0) is 17.4. The van der Waals surface area contributed by atoms with Crippen molar-refractivity contribution in [3.63, 3.8) is 0 Å². The molecule has 4 aromatic rings. The van der Waals surface area contributed by atoms with Gasteiger partial charge < -0.3 is 4.42 Å². The summed E-state index contributed by atoms with van der Waals surface area (Å²) in [6.07, 6.45) is 0.166. The van der Waals surface area contributed by atoms with Crippen molar-refractivity contribution in [1.29, 1.82) is 0 Å². The Labute approximate surface area is 146 Å². The largest absolute Gasteiger partial charge is 0.456 e. The quantitative estimate of drug-likeness (QED) is 0.604. The van der Waals surface area contributed by atoms with Crippen LogP contribution < -0.4 is 5.32 Å². The van der Waals surface area contributed by atoms with Gasteiger partial charge in [-0.3, -0.25) is 14.9 Å². The van der Waals surface area contributed by atoms with Gasteiger partial charge in [-0.1, -0.05) is 18.2 Å². The fourth-order valence-electron chi connectivity index (χ4n) is 2.64. The molecule has 7 heteroatoms. The second-order valence-electron chi connectivity index (χ2n) is 5.66. The Balaban J connectivity index is 1.62. The number of anilines is 1. The van der Waals surface area contributed by atoms with Crippen LogP contribution >= 0.6 is 11.5 Å². The number of hydrogen-bond acceptors (Lipinski definition) is 6. The lowest BCUT2D eigenvalue weighted by atomic mass is 10.1. The maximum Gasteiger partial charge on any atom is 0.257 e. The zero-order valence-corrected chi connectivity index (χ0v) is 14.1. The Kier molecular flexibility index (Phi) is 3.77. The average molecular weight is 351 g/mol. The SMILES string of the molecule is CC(=O)Cc1nsc(NC(=O)c2ccc3oc4ccccc4c3c2)n1. The first-order valence-corrected chi connectivity index (χ1v) is 8.42. The van der Waals surface area contributed by atoms with Crippen LogP contribution in [0.15, 0.2) is 46.9 Å². The summed E-state index contributed by atoms with van der Waals surface area (Å²) in [5.41, 5.74) is 2.02. The Hall–Kier alpha value is -3.06. The molecule has 0 spiro atoms. The van der Waals surface area contributed by atoms with Gasteiger partial charge in [0.1, 0.15) is 16.9 Å². The van der Waals surface area contributed by atoms with Crippen molar-refractivity contribution in [3.05, 3.63) is 53.9 Å². The van der Waals surface area contributed by atoms with Gasteiger partial charge in [-0.2, -0.15) is 4.37 Å². The van der Waals surface area contributed by atoms with Gasteiger partial charge in [0.15, 0.2) is 5.82 Å². The molecule has 0 radical (unpaired) electrons. The number of ketones is 1. The maximum absolute atomic E-state index is 12.5. The number of carbonyl (C=O) groups is 2. The predicted octanol–water partition coefficient (Wildman–Crippen LogP) is 3.82. The van der Waals surface area contributed by atoms with Crippen LogP contribution in [0.3, 0.4) is 0 Å². The fraction of sp³-hybridized carbons (Fsp3) is 0.111. The number of fused-ring (bicyclic) bond motifs is 3. The van der Waals surface area contributed by atoms with Crippen LogP contribution in [-0.2, 0) is 11.2 Å². The molecule has 25 heavy (non-hydrogen) atoms. The average Bonchev–Trinajstić information content (AvgIpc) is 3.17. The number of benzene rings is 2. The Morgan fingerprint density at radius 2 is 1.92 bits per heavy atom. The minimum absolute atomic E-state index is 0.0204. The van der Waals surface area contributed by atoms with E-state index in [1.54, 1.807) is 18.2 Å². The van der Waals surface area contributed by atoms with Gasteiger partial charge >= 0.3 is 0 Å². The molecule has 0 saturated carbocycles. The number of nitrogens with one attached hydrogen (secondary N) is 1. The smallest absolute Gasteiger partial charge is 0.257 e. The molecule has 124 valence electrons. The third-order valence-corrected chi connectivity index (χ3v) is 4.40.